The number of hydrogen-bond donors (Lipinski definition) is 1. The first-order valence-electron chi connectivity index (χ1n) is 8.04. The summed E-state index contributed by atoms with van der Waals surface area (Å²) in [5.74, 6) is -0.596. The number of ether oxygens (including phenoxy) is 1. The fourth-order valence-electron chi connectivity index (χ4n) is 2.44. The molecule has 2 aromatic carbocycles. The van der Waals surface area contributed by atoms with Gasteiger partial charge in [0.1, 0.15) is 6.61 Å². The second-order valence-electron chi connectivity index (χ2n) is 5.62. The smallest absolute Gasteiger partial charge is 0.417 e. The Morgan fingerprint density at radius 3 is 2.41 bits per heavy atom. The number of amides is 1. The summed E-state index contributed by atoms with van der Waals surface area (Å²) >= 11 is 0. The Morgan fingerprint density at radius 2 is 1.67 bits per heavy atom. The molecule has 1 aromatic heterocycles. The van der Waals surface area contributed by atoms with E-state index >= 15 is 0 Å². The molecule has 0 fully saturated rings. The maximum Gasteiger partial charge on any atom is 0.417 e. The second kappa shape index (κ2) is 7.90. The van der Waals surface area contributed by atoms with Gasteiger partial charge < -0.3 is 10.1 Å². The minimum atomic E-state index is -4.63. The third-order valence-electron chi connectivity index (χ3n) is 3.72. The van der Waals surface area contributed by atoms with Crippen LogP contribution in [0.4, 0.5) is 19.0 Å². The Labute approximate surface area is 153 Å². The van der Waals surface area contributed by atoms with Crippen molar-refractivity contribution in [3.63, 3.8) is 0 Å². The van der Waals surface area contributed by atoms with Gasteiger partial charge in [-0.1, -0.05) is 42.5 Å². The zero-order valence-electron chi connectivity index (χ0n) is 14.0. The quantitative estimate of drug-likeness (QED) is 0.691. The topological polar surface area (TPSA) is 51.2 Å². The van der Waals surface area contributed by atoms with Crippen molar-refractivity contribution in [1.82, 2.24) is 4.98 Å². The molecule has 0 bridgehead atoms. The van der Waals surface area contributed by atoms with Crippen molar-refractivity contribution in [2.75, 3.05) is 5.32 Å². The van der Waals surface area contributed by atoms with Crippen molar-refractivity contribution in [2.45, 2.75) is 12.8 Å². The number of benzene rings is 2. The molecule has 138 valence electrons. The first kappa shape index (κ1) is 18.4. The van der Waals surface area contributed by atoms with Crippen LogP contribution < -0.4 is 10.1 Å². The number of rotatable bonds is 5. The molecule has 3 rings (SSSR count). The van der Waals surface area contributed by atoms with E-state index in [0.717, 1.165) is 17.7 Å². The maximum absolute atomic E-state index is 13.1. The van der Waals surface area contributed by atoms with Crippen LogP contribution in [-0.2, 0) is 12.8 Å². The third kappa shape index (κ3) is 4.63. The van der Waals surface area contributed by atoms with Gasteiger partial charge in [0.15, 0.2) is 11.6 Å². The molecule has 0 saturated heterocycles. The SMILES string of the molecule is O=C(Nc1ncccc1OCc1ccccc1)c1ccccc1C(F)(F)F. The van der Waals surface area contributed by atoms with E-state index in [1.165, 1.54) is 18.3 Å². The highest BCUT2D eigenvalue weighted by Gasteiger charge is 2.35. The van der Waals surface area contributed by atoms with Gasteiger partial charge in [0.2, 0.25) is 0 Å². The molecule has 1 N–H and O–H groups in total. The van der Waals surface area contributed by atoms with Crippen LogP contribution in [0.25, 0.3) is 0 Å². The van der Waals surface area contributed by atoms with E-state index in [1.807, 2.05) is 30.3 Å². The normalized spacial score (nSPS) is 11.1. The molecule has 0 spiro atoms. The van der Waals surface area contributed by atoms with Gasteiger partial charge in [-0.05, 0) is 29.8 Å². The van der Waals surface area contributed by atoms with Crippen LogP contribution in [0.2, 0.25) is 0 Å². The fourth-order valence-corrected chi connectivity index (χ4v) is 2.44. The lowest BCUT2D eigenvalue weighted by Gasteiger charge is -2.14. The number of hydrogen-bond acceptors (Lipinski definition) is 3. The predicted octanol–water partition coefficient (Wildman–Crippen LogP) is 4.93. The zero-order chi connectivity index (χ0) is 19.3. The molecule has 0 atom stereocenters. The van der Waals surface area contributed by atoms with Crippen LogP contribution in [0.5, 0.6) is 5.75 Å². The van der Waals surface area contributed by atoms with Crippen molar-refractivity contribution in [2.24, 2.45) is 0 Å². The summed E-state index contributed by atoms with van der Waals surface area (Å²) in [5.41, 5.74) is -0.587. The lowest BCUT2D eigenvalue weighted by atomic mass is 10.1. The molecule has 0 unspecified atom stereocenters. The minimum absolute atomic E-state index is 0.0513. The number of pyridine rings is 1. The van der Waals surface area contributed by atoms with E-state index in [2.05, 4.69) is 10.3 Å². The molecule has 4 nitrogen and oxygen atoms in total. The number of anilines is 1. The van der Waals surface area contributed by atoms with E-state index < -0.39 is 23.2 Å². The maximum atomic E-state index is 13.1. The van der Waals surface area contributed by atoms with Crippen LogP contribution >= 0.6 is 0 Å². The summed E-state index contributed by atoms with van der Waals surface area (Å²) < 4.78 is 45.0. The van der Waals surface area contributed by atoms with Crippen molar-refractivity contribution in [3.05, 3.63) is 89.6 Å². The average Bonchev–Trinajstić information content (AvgIpc) is 2.67. The molecular weight excluding hydrogens is 357 g/mol. The summed E-state index contributed by atoms with van der Waals surface area (Å²) in [5, 5.41) is 2.40. The summed E-state index contributed by atoms with van der Waals surface area (Å²) in [6.45, 7) is 0.231. The highest BCUT2D eigenvalue weighted by Crippen LogP contribution is 2.32. The fraction of sp³-hybridized carbons (Fsp3) is 0.100. The molecule has 0 aliphatic carbocycles. The Balaban J connectivity index is 1.80. The van der Waals surface area contributed by atoms with Crippen LogP contribution in [0, 0.1) is 0 Å². The Hall–Kier alpha value is -3.35. The molecule has 0 aliphatic heterocycles. The molecule has 3 aromatic rings. The van der Waals surface area contributed by atoms with E-state index in [-0.39, 0.29) is 18.2 Å². The first-order chi connectivity index (χ1) is 12.9. The number of carbonyl (C=O) groups is 1. The highest BCUT2D eigenvalue weighted by atomic mass is 19.4. The Bertz CT molecular complexity index is 928. The number of nitrogens with one attached hydrogen (secondary N) is 1. The lowest BCUT2D eigenvalue weighted by molar-refractivity contribution is -0.137. The minimum Gasteiger partial charge on any atom is -0.485 e. The number of nitrogens with zero attached hydrogens (tertiary/aromatic N) is 1. The molecular formula is C20H15F3N2O2. The van der Waals surface area contributed by atoms with Crippen molar-refractivity contribution < 1.29 is 22.7 Å². The van der Waals surface area contributed by atoms with Gasteiger partial charge >= 0.3 is 6.18 Å². The number of alkyl halides is 3. The van der Waals surface area contributed by atoms with Crippen LogP contribution in [-0.4, -0.2) is 10.9 Å². The van der Waals surface area contributed by atoms with E-state index in [1.54, 1.807) is 12.1 Å². The second-order valence-corrected chi connectivity index (χ2v) is 5.62. The summed E-state index contributed by atoms with van der Waals surface area (Å²) in [4.78, 5) is 16.4. The van der Waals surface area contributed by atoms with E-state index in [0.29, 0.717) is 0 Å². The summed E-state index contributed by atoms with van der Waals surface area (Å²) in [7, 11) is 0. The molecule has 1 heterocycles. The molecule has 0 saturated carbocycles. The zero-order valence-corrected chi connectivity index (χ0v) is 14.0. The highest BCUT2D eigenvalue weighted by molar-refractivity contribution is 6.05. The van der Waals surface area contributed by atoms with E-state index in [4.69, 9.17) is 4.74 Å². The molecule has 1 amide bonds. The van der Waals surface area contributed by atoms with Gasteiger partial charge in [0, 0.05) is 6.20 Å². The van der Waals surface area contributed by atoms with Gasteiger partial charge in [-0.3, -0.25) is 4.79 Å². The number of aromatic nitrogens is 1. The predicted molar refractivity (Wildman–Crippen MR) is 94.4 cm³/mol. The monoisotopic (exact) mass is 372 g/mol. The first-order valence-corrected chi connectivity index (χ1v) is 8.04. The Morgan fingerprint density at radius 1 is 0.963 bits per heavy atom. The van der Waals surface area contributed by atoms with Crippen LogP contribution in [0.1, 0.15) is 21.5 Å². The van der Waals surface area contributed by atoms with Gasteiger partial charge in [0.25, 0.3) is 5.91 Å². The average molecular weight is 372 g/mol. The van der Waals surface area contributed by atoms with Crippen LogP contribution in [0.15, 0.2) is 72.9 Å². The van der Waals surface area contributed by atoms with Crippen molar-refractivity contribution in [3.8, 4) is 5.75 Å². The van der Waals surface area contributed by atoms with Crippen molar-refractivity contribution in [1.29, 1.82) is 0 Å². The molecule has 0 radical (unpaired) electrons. The lowest BCUT2D eigenvalue weighted by Crippen LogP contribution is -2.19. The van der Waals surface area contributed by atoms with Crippen molar-refractivity contribution >= 4 is 11.7 Å². The molecule has 0 aliphatic rings. The van der Waals surface area contributed by atoms with Gasteiger partial charge in [-0.25, -0.2) is 4.98 Å². The summed E-state index contributed by atoms with van der Waals surface area (Å²) in [6.07, 6.45) is -3.22. The van der Waals surface area contributed by atoms with Gasteiger partial charge in [-0.2, -0.15) is 13.2 Å². The van der Waals surface area contributed by atoms with E-state index in [9.17, 15) is 18.0 Å². The number of carbonyl (C=O) groups excluding carboxylic acids is 1. The standard InChI is InChI=1S/C20H15F3N2O2/c21-20(22,23)16-10-5-4-9-15(16)19(26)25-18-17(11-6-12-24-18)27-13-14-7-2-1-3-8-14/h1-12H,13H2,(H,24,25,26). The summed E-state index contributed by atoms with van der Waals surface area (Å²) in [6, 6.07) is 17.1. The third-order valence-corrected chi connectivity index (χ3v) is 3.72. The van der Waals surface area contributed by atoms with Gasteiger partial charge in [0.05, 0.1) is 11.1 Å². The number of halogens is 3. The molecule has 27 heavy (non-hydrogen) atoms. The largest absolute Gasteiger partial charge is 0.485 e. The Kier molecular flexibility index (Phi) is 5.40. The molecule has 7 heteroatoms. The van der Waals surface area contributed by atoms with Gasteiger partial charge in [-0.15, -0.1) is 0 Å². The van der Waals surface area contributed by atoms with Crippen LogP contribution in [0.3, 0.4) is 0 Å².